The zero-order valence-corrected chi connectivity index (χ0v) is 25.4. The third-order valence-corrected chi connectivity index (χ3v) is 10.7. The number of aryl methyl sites for hydroxylation is 1. The van der Waals surface area contributed by atoms with Crippen LogP contribution >= 0.6 is 0 Å². The molecule has 2 amide bonds. The summed E-state index contributed by atoms with van der Waals surface area (Å²) in [5, 5.41) is 0.910. The molecule has 10 heteroatoms. The number of para-hydroxylation sites is 2. The molecule has 0 radical (unpaired) electrons. The zero-order chi connectivity index (χ0) is 30.4. The molecule has 1 fully saturated rings. The van der Waals surface area contributed by atoms with Crippen LogP contribution in [0.4, 0.5) is 11.4 Å². The van der Waals surface area contributed by atoms with Crippen LogP contribution in [-0.4, -0.2) is 68.5 Å². The summed E-state index contributed by atoms with van der Waals surface area (Å²) in [5.74, 6) is -0.171. The van der Waals surface area contributed by atoms with E-state index in [1.807, 2.05) is 71.1 Å². The number of hydrogen-bond acceptors (Lipinski definition) is 5. The quantitative estimate of drug-likeness (QED) is 0.299. The van der Waals surface area contributed by atoms with Crippen LogP contribution in [0, 0.1) is 0 Å². The molecule has 0 unspecified atom stereocenters. The highest BCUT2D eigenvalue weighted by atomic mass is 32.2. The molecule has 3 aliphatic rings. The average molecular weight is 611 g/mol. The number of carbonyl (C=O) groups excluding carboxylic acids is 2. The molecule has 226 valence electrons. The van der Waals surface area contributed by atoms with E-state index < -0.39 is 10.0 Å². The highest BCUT2D eigenvalue weighted by Crippen LogP contribution is 2.40. The molecule has 0 N–H and O–H groups in total. The molecular weight excluding hydrogens is 576 g/mol. The molecule has 44 heavy (non-hydrogen) atoms. The minimum Gasteiger partial charge on any atom is -0.379 e. The Bertz CT molecular complexity index is 1920. The van der Waals surface area contributed by atoms with Gasteiger partial charge in [0.2, 0.25) is 15.9 Å². The van der Waals surface area contributed by atoms with E-state index in [9.17, 15) is 18.0 Å². The lowest BCUT2D eigenvalue weighted by Crippen LogP contribution is -2.40. The Labute approximate surface area is 257 Å². The van der Waals surface area contributed by atoms with Crippen LogP contribution in [0.1, 0.15) is 30.0 Å². The van der Waals surface area contributed by atoms with Gasteiger partial charge in [0.15, 0.2) is 0 Å². The summed E-state index contributed by atoms with van der Waals surface area (Å²) in [5.41, 5.74) is 5.54. The SMILES string of the molecule is CCN1C(=O)/C(=C\c2cn(CC(=O)N3CCCc4ccccc43)c3ccccc23)c2cc(S(=O)(=O)N3CCOCC3)ccc21. The first-order chi connectivity index (χ1) is 21.4. The summed E-state index contributed by atoms with van der Waals surface area (Å²) in [6.45, 7) is 4.49. The summed E-state index contributed by atoms with van der Waals surface area (Å²) in [6, 6.07) is 20.8. The number of sulfonamides is 1. The predicted molar refractivity (Wildman–Crippen MR) is 171 cm³/mol. The van der Waals surface area contributed by atoms with Crippen molar-refractivity contribution in [2.45, 2.75) is 31.2 Å². The fourth-order valence-corrected chi connectivity index (χ4v) is 8.02. The standard InChI is InChI=1S/C34H34N4O5S/c1-2-37-32-14-13-26(44(41,42)36-16-18-43-19-17-36)21-28(32)29(34(37)40)20-25-22-35(31-12-6-4-10-27(25)31)23-33(39)38-15-7-9-24-8-3-5-11-30(24)38/h3-6,8,10-14,20-22H,2,7,9,15-19,23H2,1H3/b29-20-. The van der Waals surface area contributed by atoms with Crippen LogP contribution in [0.5, 0.6) is 0 Å². The topological polar surface area (TPSA) is 92.2 Å². The fraction of sp³-hybridized carbons (Fsp3) is 0.294. The van der Waals surface area contributed by atoms with Gasteiger partial charge in [-0.2, -0.15) is 4.31 Å². The molecule has 3 aromatic carbocycles. The molecule has 3 aliphatic heterocycles. The van der Waals surface area contributed by atoms with Crippen molar-refractivity contribution in [1.29, 1.82) is 0 Å². The first kappa shape index (κ1) is 28.5. The maximum atomic E-state index is 13.7. The Kier molecular flexibility index (Phi) is 7.36. The number of fused-ring (bicyclic) bond motifs is 3. The molecular formula is C34H34N4O5S. The Hall–Kier alpha value is -4.25. The van der Waals surface area contributed by atoms with E-state index in [-0.39, 0.29) is 23.3 Å². The normalized spacial score (nSPS) is 18.2. The third kappa shape index (κ3) is 4.83. The fourth-order valence-electron chi connectivity index (χ4n) is 6.59. The molecule has 0 bridgehead atoms. The van der Waals surface area contributed by atoms with Crippen molar-refractivity contribution in [1.82, 2.24) is 8.87 Å². The van der Waals surface area contributed by atoms with E-state index in [4.69, 9.17) is 4.74 Å². The minimum absolute atomic E-state index is 0.00881. The monoisotopic (exact) mass is 610 g/mol. The number of nitrogens with zero attached hydrogens (tertiary/aromatic N) is 4. The van der Waals surface area contributed by atoms with Gasteiger partial charge in [-0.25, -0.2) is 8.42 Å². The average Bonchev–Trinajstić information content (AvgIpc) is 3.54. The summed E-state index contributed by atoms with van der Waals surface area (Å²) < 4.78 is 35.7. The maximum Gasteiger partial charge on any atom is 0.258 e. The highest BCUT2D eigenvalue weighted by molar-refractivity contribution is 7.89. The van der Waals surface area contributed by atoms with Crippen LogP contribution in [0.3, 0.4) is 0 Å². The lowest BCUT2D eigenvalue weighted by molar-refractivity contribution is -0.119. The number of ether oxygens (including phenoxy) is 1. The molecule has 1 saturated heterocycles. The Morgan fingerprint density at radius 2 is 1.73 bits per heavy atom. The number of carbonyl (C=O) groups is 2. The van der Waals surface area contributed by atoms with Gasteiger partial charge in [0, 0.05) is 65.7 Å². The van der Waals surface area contributed by atoms with Crippen molar-refractivity contribution in [3.63, 3.8) is 0 Å². The molecule has 1 aromatic heterocycles. The van der Waals surface area contributed by atoms with Crippen LogP contribution in [0.2, 0.25) is 0 Å². The van der Waals surface area contributed by atoms with Crippen molar-refractivity contribution in [3.05, 3.63) is 89.6 Å². The van der Waals surface area contributed by atoms with Crippen molar-refractivity contribution in [2.24, 2.45) is 0 Å². The second kappa shape index (κ2) is 11.4. The minimum atomic E-state index is -3.75. The molecule has 7 rings (SSSR count). The number of aromatic nitrogens is 1. The van der Waals surface area contributed by atoms with Crippen LogP contribution in [-0.2, 0) is 37.3 Å². The van der Waals surface area contributed by atoms with Gasteiger partial charge in [0.1, 0.15) is 6.54 Å². The van der Waals surface area contributed by atoms with Crippen molar-refractivity contribution in [2.75, 3.05) is 49.2 Å². The van der Waals surface area contributed by atoms with E-state index >= 15 is 0 Å². The van der Waals surface area contributed by atoms with Gasteiger partial charge in [0.25, 0.3) is 5.91 Å². The summed E-state index contributed by atoms with van der Waals surface area (Å²) >= 11 is 0. The van der Waals surface area contributed by atoms with Gasteiger partial charge >= 0.3 is 0 Å². The third-order valence-electron chi connectivity index (χ3n) is 8.78. The Balaban J connectivity index is 1.27. The van der Waals surface area contributed by atoms with Gasteiger partial charge in [-0.05, 0) is 61.7 Å². The maximum absolute atomic E-state index is 13.7. The number of rotatable bonds is 6. The number of hydrogen-bond donors (Lipinski definition) is 0. The molecule has 0 spiro atoms. The molecule has 0 atom stereocenters. The van der Waals surface area contributed by atoms with Crippen molar-refractivity contribution in [3.8, 4) is 0 Å². The molecule has 0 aliphatic carbocycles. The molecule has 4 aromatic rings. The Morgan fingerprint density at radius 3 is 2.55 bits per heavy atom. The van der Waals surface area contributed by atoms with Crippen LogP contribution in [0.25, 0.3) is 22.6 Å². The smallest absolute Gasteiger partial charge is 0.258 e. The zero-order valence-electron chi connectivity index (χ0n) is 24.6. The molecule has 0 saturated carbocycles. The van der Waals surface area contributed by atoms with Gasteiger partial charge in [0.05, 0.1) is 23.8 Å². The molecule has 4 heterocycles. The number of anilines is 2. The summed E-state index contributed by atoms with van der Waals surface area (Å²) in [7, 11) is -3.75. The van der Waals surface area contributed by atoms with Gasteiger partial charge in [-0.15, -0.1) is 0 Å². The largest absolute Gasteiger partial charge is 0.379 e. The number of morpholine rings is 1. The molecule has 9 nitrogen and oxygen atoms in total. The van der Waals surface area contributed by atoms with Gasteiger partial charge in [-0.1, -0.05) is 36.4 Å². The Morgan fingerprint density at radius 1 is 0.955 bits per heavy atom. The first-order valence-corrected chi connectivity index (χ1v) is 16.5. The van der Waals surface area contributed by atoms with Crippen molar-refractivity contribution >= 4 is 55.8 Å². The van der Waals surface area contributed by atoms with E-state index in [2.05, 4.69) is 6.07 Å². The predicted octanol–water partition coefficient (Wildman–Crippen LogP) is 4.55. The summed E-state index contributed by atoms with van der Waals surface area (Å²) in [4.78, 5) is 31.1. The van der Waals surface area contributed by atoms with E-state index in [0.29, 0.717) is 56.2 Å². The number of benzene rings is 3. The summed E-state index contributed by atoms with van der Waals surface area (Å²) in [6.07, 6.45) is 5.64. The highest BCUT2D eigenvalue weighted by Gasteiger charge is 2.34. The lowest BCUT2D eigenvalue weighted by atomic mass is 10.0. The second-order valence-corrected chi connectivity index (χ2v) is 13.2. The van der Waals surface area contributed by atoms with Crippen LogP contribution in [0.15, 0.2) is 77.8 Å². The van der Waals surface area contributed by atoms with Gasteiger partial charge in [-0.3, -0.25) is 9.59 Å². The number of likely N-dealkylation sites (N-methyl/N-ethyl adjacent to an activating group) is 1. The van der Waals surface area contributed by atoms with E-state index in [0.717, 1.165) is 35.0 Å². The van der Waals surface area contributed by atoms with E-state index in [1.54, 1.807) is 23.1 Å². The van der Waals surface area contributed by atoms with Crippen LogP contribution < -0.4 is 9.80 Å². The first-order valence-electron chi connectivity index (χ1n) is 15.1. The lowest BCUT2D eigenvalue weighted by Gasteiger charge is -2.29. The second-order valence-electron chi connectivity index (χ2n) is 11.3. The van der Waals surface area contributed by atoms with E-state index in [1.165, 1.54) is 9.87 Å². The number of amides is 2. The van der Waals surface area contributed by atoms with Crippen molar-refractivity contribution < 1.29 is 22.7 Å². The van der Waals surface area contributed by atoms with Gasteiger partial charge < -0.3 is 19.1 Å².